The third-order valence-electron chi connectivity index (χ3n) is 4.30. The van der Waals surface area contributed by atoms with Gasteiger partial charge < -0.3 is 5.73 Å². The maximum Gasteiger partial charge on any atom is 0.0234 e. The van der Waals surface area contributed by atoms with Crippen LogP contribution in [0.15, 0.2) is 60.7 Å². The first kappa shape index (κ1) is 13.3. The Morgan fingerprint density at radius 2 is 1.55 bits per heavy atom. The Labute approximate surface area is 121 Å². The number of benzene rings is 2. The van der Waals surface area contributed by atoms with Crippen LogP contribution in [0, 0.1) is 5.92 Å². The minimum absolute atomic E-state index is 0.570. The Morgan fingerprint density at radius 1 is 0.900 bits per heavy atom. The van der Waals surface area contributed by atoms with Crippen molar-refractivity contribution in [3.63, 3.8) is 0 Å². The third kappa shape index (κ3) is 2.92. The summed E-state index contributed by atoms with van der Waals surface area (Å²) in [4.78, 5) is 2.53. The lowest BCUT2D eigenvalue weighted by Crippen LogP contribution is -2.23. The molecule has 104 valence electrons. The predicted octanol–water partition coefficient (Wildman–Crippen LogP) is 2.86. The molecular weight excluding hydrogens is 244 g/mol. The lowest BCUT2D eigenvalue weighted by molar-refractivity contribution is 0.317. The molecule has 3 rings (SSSR count). The fraction of sp³-hybridized carbons (Fsp3) is 0.333. The second kappa shape index (κ2) is 6.21. The number of likely N-dealkylation sites (tertiary alicyclic amines) is 1. The normalized spacial score (nSPS) is 23.1. The largest absolute Gasteiger partial charge is 0.330 e. The van der Waals surface area contributed by atoms with Crippen LogP contribution in [0.5, 0.6) is 0 Å². The number of hydrogen-bond donors (Lipinski definition) is 1. The highest BCUT2D eigenvalue weighted by Gasteiger charge is 2.32. The molecule has 1 heterocycles. The number of nitrogens with zero attached hydrogens (tertiary/aromatic N) is 1. The molecular formula is C18H22N2. The smallest absolute Gasteiger partial charge is 0.0234 e. The summed E-state index contributed by atoms with van der Waals surface area (Å²) in [5, 5.41) is 0. The van der Waals surface area contributed by atoms with Gasteiger partial charge in [-0.15, -0.1) is 0 Å². The van der Waals surface area contributed by atoms with E-state index < -0.39 is 0 Å². The van der Waals surface area contributed by atoms with Crippen molar-refractivity contribution in [1.82, 2.24) is 4.90 Å². The van der Waals surface area contributed by atoms with Gasteiger partial charge in [0.25, 0.3) is 0 Å². The molecule has 1 fully saturated rings. The van der Waals surface area contributed by atoms with E-state index in [2.05, 4.69) is 65.6 Å². The molecule has 0 saturated carbocycles. The molecule has 0 unspecified atom stereocenters. The Bertz CT molecular complexity index is 524. The molecule has 2 N–H and O–H groups in total. The Morgan fingerprint density at radius 3 is 2.20 bits per heavy atom. The number of nitrogens with two attached hydrogens (primary N) is 1. The molecule has 1 aliphatic heterocycles. The molecule has 2 aromatic carbocycles. The van der Waals surface area contributed by atoms with E-state index in [-0.39, 0.29) is 0 Å². The molecule has 1 aliphatic rings. The quantitative estimate of drug-likeness (QED) is 0.922. The van der Waals surface area contributed by atoms with Crippen LogP contribution in [0.25, 0.3) is 0 Å². The zero-order chi connectivity index (χ0) is 13.8. The molecule has 0 spiro atoms. The van der Waals surface area contributed by atoms with Crippen molar-refractivity contribution >= 4 is 0 Å². The summed E-state index contributed by atoms with van der Waals surface area (Å²) in [6, 6.07) is 21.5. The minimum atomic E-state index is 0.570. The topological polar surface area (TPSA) is 29.3 Å². The van der Waals surface area contributed by atoms with Gasteiger partial charge in [-0.25, -0.2) is 0 Å². The molecule has 2 heteroatoms. The highest BCUT2D eigenvalue weighted by molar-refractivity contribution is 5.23. The first-order chi connectivity index (χ1) is 9.86. The van der Waals surface area contributed by atoms with Gasteiger partial charge in [0.05, 0.1) is 0 Å². The lowest BCUT2D eigenvalue weighted by atomic mass is 9.89. The Balaban J connectivity index is 1.71. The maximum absolute atomic E-state index is 5.99. The number of hydrogen-bond acceptors (Lipinski definition) is 2. The lowest BCUT2D eigenvalue weighted by Gasteiger charge is -2.16. The fourth-order valence-electron chi connectivity index (χ4n) is 3.25. The fourth-order valence-corrected chi connectivity index (χ4v) is 3.25. The van der Waals surface area contributed by atoms with Gasteiger partial charge in [-0.3, -0.25) is 4.90 Å². The van der Waals surface area contributed by atoms with Gasteiger partial charge >= 0.3 is 0 Å². The zero-order valence-electron chi connectivity index (χ0n) is 11.8. The molecule has 0 amide bonds. The van der Waals surface area contributed by atoms with Gasteiger partial charge in [0, 0.05) is 25.6 Å². The zero-order valence-corrected chi connectivity index (χ0v) is 11.8. The van der Waals surface area contributed by atoms with Crippen LogP contribution in [0.4, 0.5) is 0 Å². The van der Waals surface area contributed by atoms with Gasteiger partial charge in [-0.1, -0.05) is 60.7 Å². The van der Waals surface area contributed by atoms with Crippen LogP contribution in [-0.4, -0.2) is 24.5 Å². The predicted molar refractivity (Wildman–Crippen MR) is 83.4 cm³/mol. The van der Waals surface area contributed by atoms with Crippen molar-refractivity contribution in [2.45, 2.75) is 12.5 Å². The van der Waals surface area contributed by atoms with Crippen molar-refractivity contribution in [3.05, 3.63) is 71.8 Å². The van der Waals surface area contributed by atoms with Crippen molar-refractivity contribution in [1.29, 1.82) is 0 Å². The van der Waals surface area contributed by atoms with E-state index in [1.165, 1.54) is 11.1 Å². The van der Waals surface area contributed by atoms with Crippen molar-refractivity contribution in [2.75, 3.05) is 19.6 Å². The molecule has 2 atom stereocenters. The van der Waals surface area contributed by atoms with E-state index in [0.29, 0.717) is 11.8 Å². The van der Waals surface area contributed by atoms with Crippen LogP contribution >= 0.6 is 0 Å². The van der Waals surface area contributed by atoms with Crippen LogP contribution in [0.1, 0.15) is 17.0 Å². The second-order valence-electron chi connectivity index (χ2n) is 5.69. The summed E-state index contributed by atoms with van der Waals surface area (Å²) in [7, 11) is 0. The molecule has 0 aliphatic carbocycles. The Hall–Kier alpha value is -1.64. The molecule has 20 heavy (non-hydrogen) atoms. The third-order valence-corrected chi connectivity index (χ3v) is 4.30. The molecule has 0 bridgehead atoms. The van der Waals surface area contributed by atoms with Crippen molar-refractivity contribution in [2.24, 2.45) is 11.7 Å². The van der Waals surface area contributed by atoms with Gasteiger partial charge in [-0.2, -0.15) is 0 Å². The summed E-state index contributed by atoms with van der Waals surface area (Å²) in [5.74, 6) is 1.14. The summed E-state index contributed by atoms with van der Waals surface area (Å²) in [6.45, 7) is 4.01. The minimum Gasteiger partial charge on any atom is -0.330 e. The van der Waals surface area contributed by atoms with E-state index >= 15 is 0 Å². The highest BCUT2D eigenvalue weighted by Crippen LogP contribution is 2.32. The van der Waals surface area contributed by atoms with E-state index in [1.54, 1.807) is 0 Å². The highest BCUT2D eigenvalue weighted by atomic mass is 15.2. The standard InChI is InChI=1S/C18H22N2/c19-11-17-13-20(12-15-7-3-1-4-8-15)14-18(17)16-9-5-2-6-10-16/h1-10,17-18H,11-14,19H2/t17-,18-/m1/s1. The summed E-state index contributed by atoms with van der Waals surface area (Å²) in [5.41, 5.74) is 8.81. The molecule has 0 radical (unpaired) electrons. The van der Waals surface area contributed by atoms with E-state index in [0.717, 1.165) is 26.2 Å². The van der Waals surface area contributed by atoms with Crippen LogP contribution in [0.2, 0.25) is 0 Å². The molecule has 2 aromatic rings. The number of rotatable bonds is 4. The van der Waals surface area contributed by atoms with Crippen LogP contribution < -0.4 is 5.73 Å². The monoisotopic (exact) mass is 266 g/mol. The van der Waals surface area contributed by atoms with Crippen LogP contribution in [0.3, 0.4) is 0 Å². The van der Waals surface area contributed by atoms with Gasteiger partial charge in [0.1, 0.15) is 0 Å². The summed E-state index contributed by atoms with van der Waals surface area (Å²) >= 11 is 0. The summed E-state index contributed by atoms with van der Waals surface area (Å²) < 4.78 is 0. The maximum atomic E-state index is 5.99. The summed E-state index contributed by atoms with van der Waals surface area (Å²) in [6.07, 6.45) is 0. The van der Waals surface area contributed by atoms with Gasteiger partial charge in [-0.05, 0) is 23.6 Å². The van der Waals surface area contributed by atoms with Gasteiger partial charge in [0.2, 0.25) is 0 Å². The van der Waals surface area contributed by atoms with Gasteiger partial charge in [0.15, 0.2) is 0 Å². The van der Waals surface area contributed by atoms with E-state index in [1.807, 2.05) is 0 Å². The van der Waals surface area contributed by atoms with Crippen LogP contribution in [-0.2, 0) is 6.54 Å². The molecule has 0 aromatic heterocycles. The van der Waals surface area contributed by atoms with E-state index in [9.17, 15) is 0 Å². The second-order valence-corrected chi connectivity index (χ2v) is 5.69. The Kier molecular flexibility index (Phi) is 4.14. The first-order valence-corrected chi connectivity index (χ1v) is 7.38. The first-order valence-electron chi connectivity index (χ1n) is 7.38. The SMILES string of the molecule is NC[C@@H]1CN(Cc2ccccc2)C[C@@H]1c1ccccc1. The average molecular weight is 266 g/mol. The van der Waals surface area contributed by atoms with Crippen molar-refractivity contribution in [3.8, 4) is 0 Å². The average Bonchev–Trinajstić information content (AvgIpc) is 2.92. The molecule has 1 saturated heterocycles. The molecule has 2 nitrogen and oxygen atoms in total. The van der Waals surface area contributed by atoms with E-state index in [4.69, 9.17) is 5.73 Å². The van der Waals surface area contributed by atoms with Crippen molar-refractivity contribution < 1.29 is 0 Å².